The number of aliphatic hydroxyl groups excluding tert-OH is 1. The Bertz CT molecular complexity index is 243. The third kappa shape index (κ3) is 7.07. The number of aliphatic hydroxyl groups is 1. The van der Waals surface area contributed by atoms with Gasteiger partial charge in [-0.15, -0.1) is 0 Å². The number of quaternary nitrogens is 1. The molecule has 3 heteroatoms. The highest BCUT2D eigenvalue weighted by molar-refractivity contribution is 5.48. The summed E-state index contributed by atoms with van der Waals surface area (Å²) in [7, 11) is 0. The SMILES string of the molecule is CCCCCCCCCC[N+]1(CCCO)C=NCC1. The lowest BCUT2D eigenvalue weighted by Crippen LogP contribution is -2.47. The number of hydrogen-bond donors (Lipinski definition) is 1. The standard InChI is InChI=1S/C16H33N2O/c1-2-3-4-5-6-7-8-9-12-18(13-10-15-19)14-11-17-16-18/h16,19H,2-15H2,1H3/q+1. The average Bonchev–Trinajstić information content (AvgIpc) is 2.89. The molecule has 1 atom stereocenters. The Morgan fingerprint density at radius 1 is 0.947 bits per heavy atom. The van der Waals surface area contributed by atoms with Crippen molar-refractivity contribution >= 4 is 6.34 Å². The smallest absolute Gasteiger partial charge is 0.185 e. The first kappa shape index (κ1) is 16.6. The van der Waals surface area contributed by atoms with E-state index in [1.807, 2.05) is 0 Å². The summed E-state index contributed by atoms with van der Waals surface area (Å²) in [6.07, 6.45) is 14.1. The zero-order chi connectivity index (χ0) is 13.8. The fourth-order valence-electron chi connectivity index (χ4n) is 2.94. The molecule has 0 bridgehead atoms. The minimum atomic E-state index is 0.311. The summed E-state index contributed by atoms with van der Waals surface area (Å²) in [4.78, 5) is 4.40. The van der Waals surface area contributed by atoms with Gasteiger partial charge in [-0.25, -0.2) is 4.99 Å². The molecule has 1 aliphatic heterocycles. The van der Waals surface area contributed by atoms with Crippen LogP contribution in [0.15, 0.2) is 4.99 Å². The van der Waals surface area contributed by atoms with Gasteiger partial charge in [-0.2, -0.15) is 0 Å². The molecule has 0 aromatic carbocycles. The topological polar surface area (TPSA) is 32.6 Å². The molecule has 0 amide bonds. The molecule has 0 fully saturated rings. The second-order valence-corrected chi connectivity index (χ2v) is 5.96. The Kier molecular flexibility index (Phi) is 9.10. The number of nitrogens with zero attached hydrogens (tertiary/aromatic N) is 2. The minimum absolute atomic E-state index is 0.311. The van der Waals surface area contributed by atoms with Gasteiger partial charge in [0.15, 0.2) is 6.34 Å². The summed E-state index contributed by atoms with van der Waals surface area (Å²) >= 11 is 0. The lowest BCUT2D eigenvalue weighted by atomic mass is 10.1. The molecular weight excluding hydrogens is 236 g/mol. The molecule has 112 valence electrons. The van der Waals surface area contributed by atoms with Gasteiger partial charge in [0.2, 0.25) is 0 Å². The van der Waals surface area contributed by atoms with E-state index in [1.54, 1.807) is 0 Å². The van der Waals surface area contributed by atoms with Crippen LogP contribution in [0.5, 0.6) is 0 Å². The van der Waals surface area contributed by atoms with Crippen LogP contribution in [0.3, 0.4) is 0 Å². The summed E-state index contributed by atoms with van der Waals surface area (Å²) in [5.74, 6) is 0. The Morgan fingerprint density at radius 2 is 1.58 bits per heavy atom. The quantitative estimate of drug-likeness (QED) is 0.427. The lowest BCUT2D eigenvalue weighted by Gasteiger charge is -2.30. The second kappa shape index (κ2) is 10.4. The summed E-state index contributed by atoms with van der Waals surface area (Å²) in [6.45, 7) is 6.99. The van der Waals surface area contributed by atoms with E-state index in [4.69, 9.17) is 5.11 Å². The second-order valence-electron chi connectivity index (χ2n) is 5.96. The van der Waals surface area contributed by atoms with Crippen molar-refractivity contribution in [3.63, 3.8) is 0 Å². The Hall–Kier alpha value is -0.410. The molecule has 0 saturated heterocycles. The highest BCUT2D eigenvalue weighted by Gasteiger charge is 2.27. The Labute approximate surface area is 119 Å². The van der Waals surface area contributed by atoms with Gasteiger partial charge in [0.1, 0.15) is 6.54 Å². The molecule has 1 aliphatic rings. The molecule has 0 saturated carbocycles. The van der Waals surface area contributed by atoms with Crippen molar-refractivity contribution in [2.45, 2.75) is 64.7 Å². The van der Waals surface area contributed by atoms with Gasteiger partial charge in [-0.3, -0.25) is 4.48 Å². The fraction of sp³-hybridized carbons (Fsp3) is 0.938. The zero-order valence-corrected chi connectivity index (χ0v) is 12.8. The van der Waals surface area contributed by atoms with E-state index in [1.165, 1.54) is 57.9 Å². The van der Waals surface area contributed by atoms with Gasteiger partial charge in [0.05, 0.1) is 19.6 Å². The fourth-order valence-corrected chi connectivity index (χ4v) is 2.94. The van der Waals surface area contributed by atoms with Crippen LogP contribution in [0.1, 0.15) is 64.7 Å². The van der Waals surface area contributed by atoms with Crippen molar-refractivity contribution in [2.75, 3.05) is 32.8 Å². The van der Waals surface area contributed by atoms with E-state index < -0.39 is 0 Å². The first-order valence-electron chi connectivity index (χ1n) is 8.30. The Balaban J connectivity index is 2.04. The summed E-state index contributed by atoms with van der Waals surface area (Å²) < 4.78 is 1.02. The summed E-state index contributed by atoms with van der Waals surface area (Å²) in [5, 5.41) is 9.00. The number of hydrogen-bond acceptors (Lipinski definition) is 2. The molecule has 1 heterocycles. The van der Waals surface area contributed by atoms with E-state index in [0.29, 0.717) is 6.61 Å². The maximum atomic E-state index is 9.00. The van der Waals surface area contributed by atoms with Crippen LogP contribution in [0.2, 0.25) is 0 Å². The highest BCUT2D eigenvalue weighted by Crippen LogP contribution is 2.15. The van der Waals surface area contributed by atoms with Gasteiger partial charge in [0, 0.05) is 13.0 Å². The molecule has 19 heavy (non-hydrogen) atoms. The van der Waals surface area contributed by atoms with E-state index in [9.17, 15) is 0 Å². The van der Waals surface area contributed by atoms with Crippen LogP contribution in [0.4, 0.5) is 0 Å². The average molecular weight is 269 g/mol. The van der Waals surface area contributed by atoms with E-state index in [0.717, 1.165) is 30.5 Å². The summed E-state index contributed by atoms with van der Waals surface area (Å²) in [5.41, 5.74) is 0. The molecule has 1 rings (SSSR count). The monoisotopic (exact) mass is 269 g/mol. The van der Waals surface area contributed by atoms with Crippen LogP contribution in [0.25, 0.3) is 0 Å². The van der Waals surface area contributed by atoms with Crippen molar-refractivity contribution in [3.8, 4) is 0 Å². The lowest BCUT2D eigenvalue weighted by molar-refractivity contribution is -0.829. The van der Waals surface area contributed by atoms with Crippen molar-refractivity contribution < 1.29 is 9.59 Å². The number of unbranched alkanes of at least 4 members (excludes halogenated alkanes) is 7. The predicted molar refractivity (Wildman–Crippen MR) is 82.5 cm³/mol. The predicted octanol–water partition coefficient (Wildman–Crippen LogP) is 3.37. The molecule has 1 N–H and O–H groups in total. The first-order valence-corrected chi connectivity index (χ1v) is 8.30. The third-order valence-electron chi connectivity index (χ3n) is 4.22. The number of rotatable bonds is 12. The van der Waals surface area contributed by atoms with Crippen LogP contribution in [0, 0.1) is 0 Å². The molecule has 0 spiro atoms. The first-order chi connectivity index (χ1) is 9.33. The van der Waals surface area contributed by atoms with Crippen LogP contribution < -0.4 is 0 Å². The number of aliphatic imine (C=N–C) groups is 1. The van der Waals surface area contributed by atoms with Gasteiger partial charge < -0.3 is 5.11 Å². The maximum Gasteiger partial charge on any atom is 0.185 e. The van der Waals surface area contributed by atoms with E-state index in [2.05, 4.69) is 18.3 Å². The van der Waals surface area contributed by atoms with Gasteiger partial charge >= 0.3 is 0 Å². The third-order valence-corrected chi connectivity index (χ3v) is 4.22. The van der Waals surface area contributed by atoms with E-state index >= 15 is 0 Å². The van der Waals surface area contributed by atoms with Crippen LogP contribution in [-0.4, -0.2) is 48.7 Å². The maximum absolute atomic E-state index is 9.00. The van der Waals surface area contributed by atoms with Crippen LogP contribution >= 0.6 is 0 Å². The molecule has 0 aromatic heterocycles. The molecule has 1 unspecified atom stereocenters. The van der Waals surface area contributed by atoms with Crippen LogP contribution in [-0.2, 0) is 0 Å². The van der Waals surface area contributed by atoms with Gasteiger partial charge in [-0.1, -0.05) is 45.4 Å². The van der Waals surface area contributed by atoms with Gasteiger partial charge in [0.25, 0.3) is 0 Å². The van der Waals surface area contributed by atoms with Crippen molar-refractivity contribution in [1.29, 1.82) is 0 Å². The largest absolute Gasteiger partial charge is 0.396 e. The van der Waals surface area contributed by atoms with E-state index in [-0.39, 0.29) is 0 Å². The Morgan fingerprint density at radius 3 is 2.16 bits per heavy atom. The van der Waals surface area contributed by atoms with Crippen molar-refractivity contribution in [1.82, 2.24) is 0 Å². The highest BCUT2D eigenvalue weighted by atomic mass is 16.3. The summed E-state index contributed by atoms with van der Waals surface area (Å²) in [6, 6.07) is 0. The normalized spacial score (nSPS) is 22.2. The van der Waals surface area contributed by atoms with Crippen molar-refractivity contribution in [3.05, 3.63) is 0 Å². The molecular formula is C16H33N2O+. The molecule has 3 nitrogen and oxygen atoms in total. The minimum Gasteiger partial charge on any atom is -0.396 e. The molecule has 0 radical (unpaired) electrons. The van der Waals surface area contributed by atoms with Crippen molar-refractivity contribution in [2.24, 2.45) is 4.99 Å². The molecule has 0 aliphatic carbocycles. The zero-order valence-electron chi connectivity index (χ0n) is 12.8. The molecule has 0 aromatic rings. The van der Waals surface area contributed by atoms with Gasteiger partial charge in [-0.05, 0) is 12.8 Å².